The summed E-state index contributed by atoms with van der Waals surface area (Å²) in [7, 11) is 0. The van der Waals surface area contributed by atoms with Gasteiger partial charge in [0.25, 0.3) is 0 Å². The summed E-state index contributed by atoms with van der Waals surface area (Å²) in [5.41, 5.74) is 36.0. The zero-order valence-electron chi connectivity index (χ0n) is 47.2. The van der Waals surface area contributed by atoms with Crippen LogP contribution in [0.25, 0.3) is 0 Å². The van der Waals surface area contributed by atoms with Gasteiger partial charge in [0.05, 0.1) is 6.04 Å². The van der Waals surface area contributed by atoms with Crippen molar-refractivity contribution in [3.8, 4) is 0 Å². The first-order valence-electron chi connectivity index (χ1n) is 27.3. The summed E-state index contributed by atoms with van der Waals surface area (Å²) in [6.07, 6.45) is -5.62. The van der Waals surface area contributed by atoms with Crippen LogP contribution in [0.15, 0.2) is 96.0 Å². The van der Waals surface area contributed by atoms with Gasteiger partial charge in [-0.2, -0.15) is 13.2 Å². The average molecular weight is 1200 g/mol. The lowest BCUT2D eigenvalue weighted by molar-refractivity contribution is -0.192. The normalized spacial score (nSPS) is 15.3. The molecule has 1 aliphatic heterocycles. The van der Waals surface area contributed by atoms with E-state index in [9.17, 15) is 61.1 Å². The fourth-order valence-corrected chi connectivity index (χ4v) is 8.81. The zero-order valence-corrected chi connectivity index (χ0v) is 47.2. The summed E-state index contributed by atoms with van der Waals surface area (Å²) in [5, 5.41) is 23.1. The Morgan fingerprint density at radius 1 is 0.576 bits per heavy atom. The Balaban J connectivity index is 0.00000253. The summed E-state index contributed by atoms with van der Waals surface area (Å²) >= 11 is 0. The Morgan fingerprint density at radius 3 is 1.46 bits per heavy atom. The third kappa shape index (κ3) is 25.9. The SMILES string of the molecule is CC(C)C[C@H](NC(=O)[C@@H](N)Cc1ccccc1)C(=O)N[C@@H](Cc1ccccc1)C(=O)N[C@@H](CCC(N)=O)C(=O)N1CCC[C@H]1C(=O)N[C@@H](CCC(N)=O)C(=O)N[C@@H](CCCN=C(N)N)C(=O)N[C@@H](Cc1ccccc1)C(N)=O.O=C(O)C(F)(F)F. The Bertz CT molecular complexity index is 2780. The van der Waals surface area contributed by atoms with Gasteiger partial charge < -0.3 is 76.3 Å². The number of carbonyl (C=O) groups excluding carboxylic acids is 10. The predicted octanol–water partition coefficient (Wildman–Crippen LogP) is -1.31. The number of guanidine groups is 1. The molecule has 8 atom stereocenters. The quantitative estimate of drug-likeness (QED) is 0.0196. The molecule has 0 saturated carbocycles. The van der Waals surface area contributed by atoms with Gasteiger partial charge >= 0.3 is 12.1 Å². The largest absolute Gasteiger partial charge is 0.490 e. The number of nitrogens with zero attached hydrogens (tertiary/aromatic N) is 2. The van der Waals surface area contributed by atoms with Crippen LogP contribution in [0, 0.1) is 5.92 Å². The van der Waals surface area contributed by atoms with Crippen LogP contribution in [-0.4, -0.2) is 149 Å². The minimum absolute atomic E-state index is 0.00718. The van der Waals surface area contributed by atoms with Crippen molar-refractivity contribution in [3.63, 3.8) is 0 Å². The fraction of sp³-hybridized carbons (Fsp3) is 0.464. The molecule has 0 unspecified atom stereocenters. The molecule has 10 amide bonds. The molecule has 0 bridgehead atoms. The number of amides is 10. The van der Waals surface area contributed by atoms with Gasteiger partial charge in [0.1, 0.15) is 42.3 Å². The molecule has 4 rings (SSSR count). The number of carboxylic acids is 1. The number of carbonyl (C=O) groups is 11. The molecule has 464 valence electrons. The second kappa shape index (κ2) is 35.1. The van der Waals surface area contributed by atoms with Crippen LogP contribution < -0.4 is 66.3 Å². The van der Waals surface area contributed by atoms with Crippen molar-refractivity contribution in [2.24, 2.45) is 45.3 Å². The van der Waals surface area contributed by atoms with Crippen molar-refractivity contribution >= 4 is 71.0 Å². The van der Waals surface area contributed by atoms with Gasteiger partial charge in [-0.25, -0.2) is 4.79 Å². The molecule has 29 heteroatoms. The van der Waals surface area contributed by atoms with Crippen molar-refractivity contribution in [2.75, 3.05) is 13.1 Å². The maximum atomic E-state index is 14.6. The van der Waals surface area contributed by atoms with Crippen LogP contribution >= 0.6 is 0 Å². The van der Waals surface area contributed by atoms with Crippen molar-refractivity contribution in [1.29, 1.82) is 0 Å². The number of nitrogens with one attached hydrogen (secondary N) is 6. The van der Waals surface area contributed by atoms with Crippen LogP contribution in [-0.2, 0) is 72.0 Å². The first-order chi connectivity index (χ1) is 40.0. The summed E-state index contributed by atoms with van der Waals surface area (Å²) in [5.74, 6) is -10.9. The minimum Gasteiger partial charge on any atom is -0.475 e. The van der Waals surface area contributed by atoms with E-state index in [0.29, 0.717) is 17.5 Å². The molecule has 85 heavy (non-hydrogen) atoms. The van der Waals surface area contributed by atoms with Crippen molar-refractivity contribution in [1.82, 2.24) is 36.8 Å². The number of primary amides is 3. The number of hydrogen-bond donors (Lipinski definition) is 13. The van der Waals surface area contributed by atoms with E-state index in [-0.39, 0.29) is 95.6 Å². The number of aliphatic imine (C=N–C) groups is 1. The zero-order chi connectivity index (χ0) is 63.4. The van der Waals surface area contributed by atoms with Gasteiger partial charge in [0.15, 0.2) is 5.96 Å². The number of carboxylic acid groups (broad SMARTS) is 1. The van der Waals surface area contributed by atoms with E-state index in [2.05, 4.69) is 36.9 Å². The van der Waals surface area contributed by atoms with Gasteiger partial charge in [0, 0.05) is 38.8 Å². The lowest BCUT2D eigenvalue weighted by atomic mass is 9.99. The Kier molecular flexibility index (Phi) is 29.0. The molecule has 19 N–H and O–H groups in total. The van der Waals surface area contributed by atoms with Crippen LogP contribution in [0.4, 0.5) is 13.2 Å². The first kappa shape index (κ1) is 70.1. The monoisotopic (exact) mass is 1190 g/mol. The lowest BCUT2D eigenvalue weighted by Crippen LogP contribution is -2.60. The molecule has 1 aliphatic rings. The smallest absolute Gasteiger partial charge is 0.475 e. The predicted molar refractivity (Wildman–Crippen MR) is 304 cm³/mol. The van der Waals surface area contributed by atoms with Gasteiger partial charge in [-0.15, -0.1) is 0 Å². The maximum Gasteiger partial charge on any atom is 0.490 e. The number of hydrogen-bond acceptors (Lipinski definition) is 13. The molecule has 1 saturated heterocycles. The van der Waals surface area contributed by atoms with Gasteiger partial charge in [-0.3, -0.25) is 52.9 Å². The fourth-order valence-electron chi connectivity index (χ4n) is 8.81. The first-order valence-corrected chi connectivity index (χ1v) is 27.3. The molecule has 0 radical (unpaired) electrons. The summed E-state index contributed by atoms with van der Waals surface area (Å²) in [4.78, 5) is 150. The minimum atomic E-state index is -5.08. The van der Waals surface area contributed by atoms with Crippen LogP contribution in [0.1, 0.15) is 88.3 Å². The van der Waals surface area contributed by atoms with Crippen LogP contribution in [0.5, 0.6) is 0 Å². The second-order valence-corrected chi connectivity index (χ2v) is 20.5. The van der Waals surface area contributed by atoms with E-state index >= 15 is 0 Å². The highest BCUT2D eigenvalue weighted by Crippen LogP contribution is 2.21. The molecular weight excluding hydrogens is 1120 g/mol. The number of alkyl halides is 3. The average Bonchev–Trinajstić information content (AvgIpc) is 4.20. The van der Waals surface area contributed by atoms with Gasteiger partial charge in [0.2, 0.25) is 59.1 Å². The molecule has 1 heterocycles. The highest BCUT2D eigenvalue weighted by molar-refractivity contribution is 5.98. The Labute approximate surface area is 488 Å². The topological polar surface area (TPSA) is 452 Å². The molecule has 3 aromatic rings. The standard InChI is InChI=1S/C54H76N14O10.C2HF3O2/c1-32(2)28-41(66-47(72)36(55)29-33-14-6-3-7-15-33)50(75)67-42(31-35-18-10-5-11-19-35)51(76)64-39(23-25-45(57)70)53(78)68-27-13-21-43(68)52(77)63-38(22-24-44(56)69)49(74)62-37(20-12-26-61-54(59)60)48(73)65-40(46(58)71)30-34-16-8-4-9-17-34;3-2(4,5)1(6)7/h3-11,14-19,32,36-43H,12-13,20-31,55H2,1-2H3,(H2,56,69)(H2,57,70)(H2,58,71)(H,62,74)(H,63,77)(H,64,76)(H,65,73)(H,66,72)(H,67,75)(H4,59,60,61);(H,6,7)/t36-,37-,38-,39-,40-,41-,42-,43-;/m0./s1. The van der Waals surface area contributed by atoms with E-state index in [4.69, 9.17) is 44.3 Å². The van der Waals surface area contributed by atoms with Crippen molar-refractivity contribution < 1.29 is 71.0 Å². The molecule has 26 nitrogen and oxygen atoms in total. The highest BCUT2D eigenvalue weighted by Gasteiger charge is 2.41. The molecule has 0 aliphatic carbocycles. The number of halogens is 3. The number of nitrogens with two attached hydrogens (primary N) is 6. The number of rotatable bonds is 32. The third-order valence-corrected chi connectivity index (χ3v) is 13.1. The summed E-state index contributed by atoms with van der Waals surface area (Å²) in [6.45, 7) is 3.78. The molecular formula is C56H77F3N14O12. The van der Waals surface area contributed by atoms with Crippen LogP contribution in [0.2, 0.25) is 0 Å². The van der Waals surface area contributed by atoms with E-state index in [1.54, 1.807) is 60.7 Å². The molecule has 0 aromatic heterocycles. The maximum absolute atomic E-state index is 14.6. The van der Waals surface area contributed by atoms with Gasteiger partial charge in [-0.1, -0.05) is 105 Å². The van der Waals surface area contributed by atoms with E-state index < -0.39 is 120 Å². The molecule has 3 aromatic carbocycles. The second-order valence-electron chi connectivity index (χ2n) is 20.5. The number of benzene rings is 3. The molecule has 0 spiro atoms. The summed E-state index contributed by atoms with van der Waals surface area (Å²) in [6, 6.07) is 16.4. The Morgan fingerprint density at radius 2 is 0.988 bits per heavy atom. The van der Waals surface area contributed by atoms with Crippen molar-refractivity contribution in [2.45, 2.75) is 145 Å². The van der Waals surface area contributed by atoms with E-state index in [0.717, 1.165) is 5.56 Å². The highest BCUT2D eigenvalue weighted by atomic mass is 19.4. The third-order valence-electron chi connectivity index (χ3n) is 13.1. The number of likely N-dealkylation sites (tertiary alicyclic amines) is 1. The molecule has 1 fully saturated rings. The van der Waals surface area contributed by atoms with Crippen molar-refractivity contribution in [3.05, 3.63) is 108 Å². The Hall–Kier alpha value is -9.15. The number of aliphatic carboxylic acids is 1. The van der Waals surface area contributed by atoms with Crippen LogP contribution in [0.3, 0.4) is 0 Å². The lowest BCUT2D eigenvalue weighted by Gasteiger charge is -2.31. The van der Waals surface area contributed by atoms with E-state index in [1.807, 2.05) is 44.2 Å². The van der Waals surface area contributed by atoms with Gasteiger partial charge in [-0.05, 0) is 74.0 Å². The summed E-state index contributed by atoms with van der Waals surface area (Å²) < 4.78 is 31.7. The van der Waals surface area contributed by atoms with E-state index in [1.165, 1.54) is 4.90 Å².